The number of carbonyl (C=O) groups excluding carboxylic acids is 1. The number of likely N-dealkylation sites (N-methyl/N-ethyl adjacent to an activating group) is 1. The zero-order valence-electron chi connectivity index (χ0n) is 15.8. The molecule has 0 aromatic carbocycles. The Kier molecular flexibility index (Phi) is 4.30. The molecule has 2 aromatic rings. The average Bonchev–Trinajstić information content (AvgIpc) is 3.17. The fraction of sp³-hybridized carbons (Fsp3) is 0.667. The maximum absolute atomic E-state index is 12.4. The van der Waals surface area contributed by atoms with Crippen LogP contribution in [0, 0.1) is 13.8 Å². The lowest BCUT2D eigenvalue weighted by molar-refractivity contribution is -0.127. The topological polar surface area (TPSA) is 89.1 Å². The molecule has 4 rings (SSSR count). The highest BCUT2D eigenvalue weighted by Crippen LogP contribution is 2.36. The Morgan fingerprint density at radius 3 is 2.62 bits per heavy atom. The van der Waals surface area contributed by atoms with E-state index in [1.54, 1.807) is 0 Å². The van der Waals surface area contributed by atoms with Crippen molar-refractivity contribution >= 4 is 5.91 Å². The SMILES string of the molecule is Cc1nn(C)c(C)c1[C@H]1[C@H](NCc2nnc(C3CCC3)o2)CC(=O)N1C. The Morgan fingerprint density at radius 1 is 1.23 bits per heavy atom. The number of carbonyl (C=O) groups is 1. The lowest BCUT2D eigenvalue weighted by atomic mass is 9.85. The van der Waals surface area contributed by atoms with E-state index in [2.05, 4.69) is 20.6 Å². The maximum Gasteiger partial charge on any atom is 0.230 e. The molecule has 2 aromatic heterocycles. The van der Waals surface area contributed by atoms with Gasteiger partial charge in [0.15, 0.2) is 0 Å². The molecule has 26 heavy (non-hydrogen) atoms. The molecule has 2 aliphatic rings. The van der Waals surface area contributed by atoms with Crippen LogP contribution in [0.1, 0.15) is 66.4 Å². The molecular formula is C18H26N6O2. The predicted molar refractivity (Wildman–Crippen MR) is 94.3 cm³/mol. The monoisotopic (exact) mass is 358 g/mol. The third-order valence-electron chi connectivity index (χ3n) is 5.90. The molecule has 8 heteroatoms. The van der Waals surface area contributed by atoms with Gasteiger partial charge in [-0.1, -0.05) is 6.42 Å². The number of likely N-dealkylation sites (tertiary alicyclic amines) is 1. The fourth-order valence-corrected chi connectivity index (χ4v) is 4.04. The predicted octanol–water partition coefficient (Wildman–Crippen LogP) is 1.75. The van der Waals surface area contributed by atoms with E-state index >= 15 is 0 Å². The van der Waals surface area contributed by atoms with Crippen LogP contribution < -0.4 is 5.32 Å². The molecule has 1 amide bonds. The van der Waals surface area contributed by atoms with Crippen LogP contribution in [0.15, 0.2) is 4.42 Å². The lowest BCUT2D eigenvalue weighted by Crippen LogP contribution is -2.35. The van der Waals surface area contributed by atoms with Gasteiger partial charge in [-0.2, -0.15) is 5.10 Å². The fourth-order valence-electron chi connectivity index (χ4n) is 4.04. The summed E-state index contributed by atoms with van der Waals surface area (Å²) >= 11 is 0. The normalized spacial score (nSPS) is 23.7. The van der Waals surface area contributed by atoms with E-state index in [1.165, 1.54) is 6.42 Å². The van der Waals surface area contributed by atoms with Gasteiger partial charge < -0.3 is 14.6 Å². The van der Waals surface area contributed by atoms with Crippen LogP contribution in [0.5, 0.6) is 0 Å². The molecule has 1 saturated heterocycles. The summed E-state index contributed by atoms with van der Waals surface area (Å²) in [5, 5.41) is 16.3. The number of hydrogen-bond acceptors (Lipinski definition) is 6. The molecule has 8 nitrogen and oxygen atoms in total. The molecule has 1 aliphatic carbocycles. The third-order valence-corrected chi connectivity index (χ3v) is 5.90. The third kappa shape index (κ3) is 2.82. The molecule has 0 bridgehead atoms. The summed E-state index contributed by atoms with van der Waals surface area (Å²) in [4.78, 5) is 14.2. The first-order chi connectivity index (χ1) is 12.5. The van der Waals surface area contributed by atoms with Crippen molar-refractivity contribution in [1.29, 1.82) is 0 Å². The second-order valence-corrected chi connectivity index (χ2v) is 7.51. The summed E-state index contributed by atoms with van der Waals surface area (Å²) in [7, 11) is 3.80. The zero-order valence-corrected chi connectivity index (χ0v) is 15.8. The van der Waals surface area contributed by atoms with Gasteiger partial charge in [-0.3, -0.25) is 9.48 Å². The van der Waals surface area contributed by atoms with E-state index in [-0.39, 0.29) is 18.0 Å². The van der Waals surface area contributed by atoms with Gasteiger partial charge >= 0.3 is 0 Å². The second-order valence-electron chi connectivity index (χ2n) is 7.51. The summed E-state index contributed by atoms with van der Waals surface area (Å²) in [6.45, 7) is 4.52. The number of nitrogens with one attached hydrogen (secondary N) is 1. The minimum atomic E-state index is -0.0368. The van der Waals surface area contributed by atoms with Crippen LogP contribution in [0.2, 0.25) is 0 Å². The average molecular weight is 358 g/mol. The number of aryl methyl sites for hydroxylation is 2. The van der Waals surface area contributed by atoms with Gasteiger partial charge in [0.1, 0.15) is 0 Å². The van der Waals surface area contributed by atoms with Crippen molar-refractivity contribution in [1.82, 2.24) is 30.2 Å². The van der Waals surface area contributed by atoms with E-state index in [1.807, 2.05) is 37.5 Å². The number of aromatic nitrogens is 4. The molecule has 2 fully saturated rings. The first kappa shape index (κ1) is 17.2. The van der Waals surface area contributed by atoms with Crippen LogP contribution in [0.25, 0.3) is 0 Å². The minimum absolute atomic E-state index is 0.00634. The van der Waals surface area contributed by atoms with Gasteiger partial charge in [-0.05, 0) is 26.7 Å². The Bertz CT molecular complexity index is 822. The van der Waals surface area contributed by atoms with Crippen LogP contribution in [-0.2, 0) is 18.4 Å². The van der Waals surface area contributed by atoms with E-state index in [9.17, 15) is 4.79 Å². The molecule has 0 spiro atoms. The Hall–Kier alpha value is -2.22. The highest BCUT2D eigenvalue weighted by molar-refractivity contribution is 5.80. The Balaban J connectivity index is 1.50. The molecular weight excluding hydrogens is 332 g/mol. The molecule has 1 N–H and O–H groups in total. The molecule has 0 unspecified atom stereocenters. The molecule has 140 valence electrons. The summed E-state index contributed by atoms with van der Waals surface area (Å²) in [5.41, 5.74) is 3.18. The molecule has 0 radical (unpaired) electrons. The summed E-state index contributed by atoms with van der Waals surface area (Å²) in [5.74, 6) is 1.91. The standard InChI is InChI=1S/C18H26N6O2/c1-10-16(11(2)24(4)22-10)17-13(8-15(25)23(17)3)19-9-14-20-21-18(26-14)12-6-5-7-12/h12-13,17,19H,5-9H2,1-4H3/t13-,17-/m1/s1. The van der Waals surface area contributed by atoms with Gasteiger partial charge in [-0.25, -0.2) is 0 Å². The first-order valence-electron chi connectivity index (χ1n) is 9.27. The van der Waals surface area contributed by atoms with Gasteiger partial charge in [0.25, 0.3) is 0 Å². The van der Waals surface area contributed by atoms with Crippen molar-refractivity contribution in [2.75, 3.05) is 7.05 Å². The number of hydrogen-bond donors (Lipinski definition) is 1. The van der Waals surface area contributed by atoms with E-state index < -0.39 is 0 Å². The zero-order chi connectivity index (χ0) is 18.4. The summed E-state index contributed by atoms with van der Waals surface area (Å²) in [6, 6.07) is -0.0432. The van der Waals surface area contributed by atoms with Gasteiger partial charge in [0.2, 0.25) is 17.7 Å². The van der Waals surface area contributed by atoms with Crippen molar-refractivity contribution in [3.05, 3.63) is 28.7 Å². The Labute approximate surface area is 153 Å². The largest absolute Gasteiger partial charge is 0.424 e. The highest BCUT2D eigenvalue weighted by Gasteiger charge is 2.41. The first-order valence-corrected chi connectivity index (χ1v) is 9.27. The van der Waals surface area contributed by atoms with Crippen molar-refractivity contribution in [3.8, 4) is 0 Å². The quantitative estimate of drug-likeness (QED) is 0.876. The van der Waals surface area contributed by atoms with Crippen molar-refractivity contribution in [2.45, 2.75) is 64.1 Å². The molecule has 1 saturated carbocycles. The Morgan fingerprint density at radius 2 is 2.00 bits per heavy atom. The van der Waals surface area contributed by atoms with Crippen LogP contribution in [0.3, 0.4) is 0 Å². The van der Waals surface area contributed by atoms with E-state index in [0.29, 0.717) is 24.8 Å². The summed E-state index contributed by atoms with van der Waals surface area (Å²) < 4.78 is 7.67. The molecule has 3 heterocycles. The van der Waals surface area contributed by atoms with Crippen molar-refractivity contribution in [3.63, 3.8) is 0 Å². The van der Waals surface area contributed by atoms with Gasteiger partial charge in [0.05, 0.1) is 18.3 Å². The number of amides is 1. The molecule has 1 aliphatic heterocycles. The van der Waals surface area contributed by atoms with Crippen LogP contribution in [-0.4, -0.2) is 43.9 Å². The van der Waals surface area contributed by atoms with Gasteiger partial charge in [0, 0.05) is 43.7 Å². The van der Waals surface area contributed by atoms with Crippen LogP contribution >= 0.6 is 0 Å². The van der Waals surface area contributed by atoms with Crippen molar-refractivity contribution < 1.29 is 9.21 Å². The lowest BCUT2D eigenvalue weighted by Gasteiger charge is -2.26. The van der Waals surface area contributed by atoms with Crippen LogP contribution in [0.4, 0.5) is 0 Å². The molecule has 2 atom stereocenters. The highest BCUT2D eigenvalue weighted by atomic mass is 16.4. The van der Waals surface area contributed by atoms with Crippen molar-refractivity contribution in [2.24, 2.45) is 7.05 Å². The maximum atomic E-state index is 12.4. The number of nitrogens with zero attached hydrogens (tertiary/aromatic N) is 5. The van der Waals surface area contributed by atoms with Gasteiger partial charge in [-0.15, -0.1) is 10.2 Å². The second kappa shape index (κ2) is 6.50. The number of rotatable bonds is 5. The smallest absolute Gasteiger partial charge is 0.230 e. The minimum Gasteiger partial charge on any atom is -0.424 e. The van der Waals surface area contributed by atoms with E-state index in [0.717, 1.165) is 35.7 Å². The summed E-state index contributed by atoms with van der Waals surface area (Å²) in [6.07, 6.45) is 3.97. The van der Waals surface area contributed by atoms with E-state index in [4.69, 9.17) is 4.42 Å².